The van der Waals surface area contributed by atoms with Gasteiger partial charge in [0.25, 0.3) is 5.91 Å². The van der Waals surface area contributed by atoms with Crippen molar-refractivity contribution < 1.29 is 4.79 Å². The topological polar surface area (TPSA) is 55.1 Å². The number of benzene rings is 2. The maximum absolute atomic E-state index is 12.3. The molecule has 0 fully saturated rings. The number of carbonyl (C=O) groups excluding carboxylic acids is 1. The van der Waals surface area contributed by atoms with Gasteiger partial charge >= 0.3 is 0 Å². The quantitative estimate of drug-likeness (QED) is 0.809. The van der Waals surface area contributed by atoms with Crippen molar-refractivity contribution in [2.45, 2.75) is 20.8 Å². The molecule has 0 atom stereocenters. The number of nitrogen functional groups attached to an aromatic ring is 1. The molecule has 0 aliphatic carbocycles. The molecule has 4 heteroatoms. The second-order valence-corrected chi connectivity index (χ2v) is 5.91. The number of hydrogen-bond donors (Lipinski definition) is 2. The van der Waals surface area contributed by atoms with Gasteiger partial charge in [0.2, 0.25) is 0 Å². The molecule has 0 unspecified atom stereocenters. The maximum Gasteiger partial charge on any atom is 0.255 e. The highest BCUT2D eigenvalue weighted by Gasteiger charge is 2.10. The van der Waals surface area contributed by atoms with Gasteiger partial charge in [-0.2, -0.15) is 0 Å². The zero-order valence-electron chi connectivity index (χ0n) is 11.8. The number of anilines is 2. The number of carbonyl (C=O) groups is 1. The minimum absolute atomic E-state index is 0.138. The second kappa shape index (κ2) is 5.67. The molecule has 0 saturated carbocycles. The lowest BCUT2D eigenvalue weighted by Gasteiger charge is -2.12. The van der Waals surface area contributed by atoms with Crippen molar-refractivity contribution in [2.75, 3.05) is 11.1 Å². The molecule has 0 aromatic heterocycles. The average molecular weight is 333 g/mol. The highest BCUT2D eigenvalue weighted by molar-refractivity contribution is 9.10. The Balaban J connectivity index is 2.30. The monoisotopic (exact) mass is 332 g/mol. The Morgan fingerprint density at radius 1 is 1.05 bits per heavy atom. The standard InChI is InChI=1S/C16H17BrN2O/c1-9-4-12(7-13(17)5-9)16(20)19-15-8-14(18)10(2)6-11(15)3/h4-8H,18H2,1-3H3,(H,19,20). The molecule has 1 amide bonds. The van der Waals surface area contributed by atoms with Gasteiger partial charge in [0.1, 0.15) is 0 Å². The fourth-order valence-electron chi connectivity index (χ4n) is 2.07. The smallest absolute Gasteiger partial charge is 0.255 e. The van der Waals surface area contributed by atoms with Crippen molar-refractivity contribution in [3.05, 3.63) is 57.1 Å². The molecule has 0 aliphatic heterocycles. The van der Waals surface area contributed by atoms with Gasteiger partial charge < -0.3 is 11.1 Å². The van der Waals surface area contributed by atoms with Crippen molar-refractivity contribution in [3.8, 4) is 0 Å². The Hall–Kier alpha value is -1.81. The summed E-state index contributed by atoms with van der Waals surface area (Å²) in [7, 11) is 0. The molecule has 0 radical (unpaired) electrons. The molecule has 3 N–H and O–H groups in total. The molecule has 20 heavy (non-hydrogen) atoms. The SMILES string of the molecule is Cc1cc(Br)cc(C(=O)Nc2cc(N)c(C)cc2C)c1. The Labute approximate surface area is 127 Å². The van der Waals surface area contributed by atoms with Gasteiger partial charge in [-0.15, -0.1) is 0 Å². The van der Waals surface area contributed by atoms with Crippen LogP contribution in [-0.4, -0.2) is 5.91 Å². The lowest BCUT2D eigenvalue weighted by Crippen LogP contribution is -2.13. The Morgan fingerprint density at radius 2 is 1.75 bits per heavy atom. The molecule has 0 spiro atoms. The van der Waals surface area contributed by atoms with Gasteiger partial charge in [-0.3, -0.25) is 4.79 Å². The van der Waals surface area contributed by atoms with Crippen molar-refractivity contribution in [1.82, 2.24) is 0 Å². The van der Waals surface area contributed by atoms with E-state index in [0.717, 1.165) is 26.9 Å². The van der Waals surface area contributed by atoms with Crippen LogP contribution in [0.5, 0.6) is 0 Å². The zero-order valence-corrected chi connectivity index (χ0v) is 13.3. The summed E-state index contributed by atoms with van der Waals surface area (Å²) in [6.07, 6.45) is 0. The fourth-order valence-corrected chi connectivity index (χ4v) is 2.67. The highest BCUT2D eigenvalue weighted by Crippen LogP contribution is 2.23. The molecule has 2 rings (SSSR count). The molecule has 2 aromatic carbocycles. The summed E-state index contributed by atoms with van der Waals surface area (Å²) in [4.78, 5) is 12.3. The molecular formula is C16H17BrN2O. The minimum Gasteiger partial charge on any atom is -0.398 e. The van der Waals surface area contributed by atoms with E-state index in [9.17, 15) is 4.79 Å². The molecular weight excluding hydrogens is 316 g/mol. The van der Waals surface area contributed by atoms with Crippen LogP contribution in [0, 0.1) is 20.8 Å². The van der Waals surface area contributed by atoms with Crippen LogP contribution in [0.2, 0.25) is 0 Å². The summed E-state index contributed by atoms with van der Waals surface area (Å²) in [6, 6.07) is 9.39. The first-order valence-electron chi connectivity index (χ1n) is 6.32. The number of hydrogen-bond acceptors (Lipinski definition) is 2. The maximum atomic E-state index is 12.3. The zero-order chi connectivity index (χ0) is 14.9. The van der Waals surface area contributed by atoms with Crippen LogP contribution in [0.3, 0.4) is 0 Å². The third kappa shape index (κ3) is 3.20. The van der Waals surface area contributed by atoms with Crippen LogP contribution >= 0.6 is 15.9 Å². The lowest BCUT2D eigenvalue weighted by atomic mass is 10.1. The van der Waals surface area contributed by atoms with Crippen molar-refractivity contribution in [3.63, 3.8) is 0 Å². The van der Waals surface area contributed by atoms with E-state index in [2.05, 4.69) is 21.2 Å². The highest BCUT2D eigenvalue weighted by atomic mass is 79.9. The first-order chi connectivity index (χ1) is 9.36. The first kappa shape index (κ1) is 14.6. The van der Waals surface area contributed by atoms with Crippen molar-refractivity contribution in [1.29, 1.82) is 0 Å². The van der Waals surface area contributed by atoms with E-state index in [1.807, 2.05) is 39.0 Å². The summed E-state index contributed by atoms with van der Waals surface area (Å²) in [6.45, 7) is 5.86. The molecule has 0 bridgehead atoms. The number of amides is 1. The largest absolute Gasteiger partial charge is 0.398 e. The second-order valence-electron chi connectivity index (χ2n) is 5.00. The van der Waals surface area contributed by atoms with E-state index in [4.69, 9.17) is 5.73 Å². The van der Waals surface area contributed by atoms with Crippen LogP contribution in [-0.2, 0) is 0 Å². The summed E-state index contributed by atoms with van der Waals surface area (Å²) in [5.41, 5.74) is 11.0. The van der Waals surface area contributed by atoms with Gasteiger partial charge in [0.05, 0.1) is 0 Å². The summed E-state index contributed by atoms with van der Waals surface area (Å²) in [5, 5.41) is 2.91. The number of nitrogens with one attached hydrogen (secondary N) is 1. The molecule has 0 heterocycles. The average Bonchev–Trinajstić information content (AvgIpc) is 2.34. The van der Waals surface area contributed by atoms with Gasteiger partial charge in [-0.05, 0) is 61.7 Å². The molecule has 3 nitrogen and oxygen atoms in total. The van der Waals surface area contributed by atoms with Crippen molar-refractivity contribution in [2.24, 2.45) is 0 Å². The lowest BCUT2D eigenvalue weighted by molar-refractivity contribution is 0.102. The predicted molar refractivity (Wildman–Crippen MR) is 87.2 cm³/mol. The molecule has 0 saturated heterocycles. The molecule has 2 aromatic rings. The Morgan fingerprint density at radius 3 is 2.40 bits per heavy atom. The van der Waals surface area contributed by atoms with E-state index >= 15 is 0 Å². The minimum atomic E-state index is -0.138. The van der Waals surface area contributed by atoms with E-state index < -0.39 is 0 Å². The van der Waals surface area contributed by atoms with Gasteiger partial charge in [-0.1, -0.05) is 22.0 Å². The normalized spacial score (nSPS) is 10.4. The third-order valence-corrected chi connectivity index (χ3v) is 3.62. The first-order valence-corrected chi connectivity index (χ1v) is 7.11. The number of nitrogens with two attached hydrogens (primary N) is 1. The third-order valence-electron chi connectivity index (χ3n) is 3.17. The Kier molecular flexibility index (Phi) is 4.14. The van der Waals surface area contributed by atoms with Gasteiger partial charge in [0, 0.05) is 21.4 Å². The Bertz CT molecular complexity index is 660. The molecule has 0 aliphatic rings. The number of aryl methyl sites for hydroxylation is 3. The molecule has 104 valence electrons. The summed E-state index contributed by atoms with van der Waals surface area (Å²) in [5.74, 6) is -0.138. The van der Waals surface area contributed by atoms with Crippen LogP contribution in [0.15, 0.2) is 34.8 Å². The van der Waals surface area contributed by atoms with Crippen molar-refractivity contribution >= 4 is 33.2 Å². The van der Waals surface area contributed by atoms with E-state index in [1.54, 1.807) is 12.1 Å². The predicted octanol–water partition coefficient (Wildman–Crippen LogP) is 4.21. The fraction of sp³-hybridized carbons (Fsp3) is 0.188. The van der Waals surface area contributed by atoms with Crippen LogP contribution in [0.1, 0.15) is 27.0 Å². The van der Waals surface area contributed by atoms with Gasteiger partial charge in [-0.25, -0.2) is 0 Å². The van der Waals surface area contributed by atoms with Crippen LogP contribution in [0.4, 0.5) is 11.4 Å². The van der Waals surface area contributed by atoms with E-state index in [0.29, 0.717) is 11.3 Å². The van der Waals surface area contributed by atoms with Gasteiger partial charge in [0.15, 0.2) is 0 Å². The van der Waals surface area contributed by atoms with E-state index in [-0.39, 0.29) is 5.91 Å². The summed E-state index contributed by atoms with van der Waals surface area (Å²) >= 11 is 3.40. The van der Waals surface area contributed by atoms with Crippen LogP contribution < -0.4 is 11.1 Å². The number of halogens is 1. The number of rotatable bonds is 2. The van der Waals surface area contributed by atoms with Crippen LogP contribution in [0.25, 0.3) is 0 Å². The van der Waals surface area contributed by atoms with E-state index in [1.165, 1.54) is 0 Å². The summed E-state index contributed by atoms with van der Waals surface area (Å²) < 4.78 is 0.891.